The molecule has 0 unspecified atom stereocenters. The van der Waals surface area contributed by atoms with Crippen molar-refractivity contribution in [2.75, 3.05) is 24.2 Å². The molecule has 0 radical (unpaired) electrons. The van der Waals surface area contributed by atoms with Gasteiger partial charge in [0.05, 0.1) is 19.1 Å². The Hall–Kier alpha value is -3.27. The van der Waals surface area contributed by atoms with Crippen LogP contribution in [0.25, 0.3) is 0 Å². The van der Waals surface area contributed by atoms with Crippen LogP contribution in [0.15, 0.2) is 66.7 Å². The first-order chi connectivity index (χ1) is 20.5. The number of carbonyl (C=O) groups excluding carboxylic acids is 2. The highest BCUT2D eigenvalue weighted by molar-refractivity contribution is 7.92. The van der Waals surface area contributed by atoms with Gasteiger partial charge in [0.25, 0.3) is 0 Å². The predicted molar refractivity (Wildman–Crippen MR) is 171 cm³/mol. The van der Waals surface area contributed by atoms with Crippen LogP contribution in [-0.4, -0.2) is 57.1 Å². The van der Waals surface area contributed by atoms with E-state index in [0.717, 1.165) is 47.4 Å². The lowest BCUT2D eigenvalue weighted by Gasteiger charge is -2.34. The minimum absolute atomic E-state index is 0.0194. The van der Waals surface area contributed by atoms with Crippen molar-refractivity contribution in [2.24, 2.45) is 0 Å². The van der Waals surface area contributed by atoms with Crippen molar-refractivity contribution in [3.05, 3.63) is 93.5 Å². The molecule has 0 aliphatic heterocycles. The van der Waals surface area contributed by atoms with Gasteiger partial charge >= 0.3 is 0 Å². The lowest BCUT2D eigenvalue weighted by Crippen LogP contribution is -2.54. The molecule has 0 saturated heterocycles. The van der Waals surface area contributed by atoms with Gasteiger partial charge in [-0.25, -0.2) is 8.42 Å². The summed E-state index contributed by atoms with van der Waals surface area (Å²) in [5.41, 5.74) is 2.46. The smallest absolute Gasteiger partial charge is 0.244 e. The molecule has 2 amide bonds. The molecule has 8 nitrogen and oxygen atoms in total. The average molecular weight is 647 g/mol. The van der Waals surface area contributed by atoms with E-state index in [1.165, 1.54) is 12.0 Å². The fraction of sp³-hybridized carbons (Fsp3) is 0.375. The van der Waals surface area contributed by atoms with Crippen molar-refractivity contribution in [1.82, 2.24) is 10.2 Å². The third-order valence-corrected chi connectivity index (χ3v) is 9.32. The van der Waals surface area contributed by atoms with Crippen LogP contribution in [0, 0.1) is 6.92 Å². The highest BCUT2D eigenvalue weighted by Crippen LogP contribution is 2.32. The summed E-state index contributed by atoms with van der Waals surface area (Å²) >= 11 is 12.7. The highest BCUT2D eigenvalue weighted by Gasteiger charge is 2.35. The molecule has 0 heterocycles. The molecule has 3 aromatic rings. The second-order valence-corrected chi connectivity index (χ2v) is 13.6. The number of nitrogens with one attached hydrogen (secondary N) is 1. The second-order valence-electron chi connectivity index (χ2n) is 10.9. The number of rotatable bonds is 12. The third kappa shape index (κ3) is 8.65. The van der Waals surface area contributed by atoms with E-state index in [1.54, 1.807) is 36.4 Å². The number of hydrogen-bond donors (Lipinski definition) is 1. The van der Waals surface area contributed by atoms with E-state index in [-0.39, 0.29) is 30.6 Å². The first-order valence-electron chi connectivity index (χ1n) is 14.2. The molecule has 1 atom stereocenters. The number of halogens is 2. The van der Waals surface area contributed by atoms with Crippen LogP contribution in [0.2, 0.25) is 10.0 Å². The van der Waals surface area contributed by atoms with Crippen LogP contribution >= 0.6 is 23.2 Å². The molecule has 230 valence electrons. The van der Waals surface area contributed by atoms with Crippen LogP contribution in [-0.2, 0) is 32.6 Å². The number of ether oxygens (including phenoxy) is 1. The van der Waals surface area contributed by atoms with Gasteiger partial charge in [0.15, 0.2) is 0 Å². The molecule has 0 aromatic heterocycles. The SMILES string of the molecule is COc1ccc(C)cc1N(CC(=O)N(Cc1ccc(Cl)cc1Cl)[C@@H](Cc1ccccc1)C(=O)NC1CCCC1)S(C)(=O)=O. The summed E-state index contributed by atoms with van der Waals surface area (Å²) in [6.07, 6.45) is 5.06. The van der Waals surface area contributed by atoms with E-state index < -0.39 is 28.5 Å². The van der Waals surface area contributed by atoms with E-state index in [9.17, 15) is 18.0 Å². The number of hydrogen-bond acceptors (Lipinski definition) is 5. The summed E-state index contributed by atoms with van der Waals surface area (Å²) in [7, 11) is -2.51. The zero-order valence-corrected chi connectivity index (χ0v) is 26.9. The molecule has 43 heavy (non-hydrogen) atoms. The average Bonchev–Trinajstić information content (AvgIpc) is 3.47. The maximum absolute atomic E-state index is 14.3. The Morgan fingerprint density at radius 1 is 1.02 bits per heavy atom. The van der Waals surface area contributed by atoms with E-state index in [4.69, 9.17) is 27.9 Å². The zero-order valence-electron chi connectivity index (χ0n) is 24.6. The summed E-state index contributed by atoms with van der Waals surface area (Å²) in [5.74, 6) is -0.563. The Morgan fingerprint density at radius 2 is 1.72 bits per heavy atom. The van der Waals surface area contributed by atoms with Crippen LogP contribution in [0.5, 0.6) is 5.75 Å². The van der Waals surface area contributed by atoms with E-state index >= 15 is 0 Å². The van der Waals surface area contributed by atoms with Gasteiger partial charge < -0.3 is 15.0 Å². The summed E-state index contributed by atoms with van der Waals surface area (Å²) < 4.78 is 32.7. The minimum Gasteiger partial charge on any atom is -0.495 e. The van der Waals surface area contributed by atoms with Crippen LogP contribution in [0.3, 0.4) is 0 Å². The lowest BCUT2D eigenvalue weighted by atomic mass is 10.0. The van der Waals surface area contributed by atoms with Gasteiger partial charge in [0.1, 0.15) is 18.3 Å². The van der Waals surface area contributed by atoms with E-state index in [0.29, 0.717) is 21.4 Å². The van der Waals surface area contributed by atoms with Gasteiger partial charge in [0.2, 0.25) is 21.8 Å². The third-order valence-electron chi connectivity index (χ3n) is 7.61. The maximum Gasteiger partial charge on any atom is 0.244 e. The molecule has 4 rings (SSSR count). The summed E-state index contributed by atoms with van der Waals surface area (Å²) in [4.78, 5) is 29.7. The molecular weight excluding hydrogens is 609 g/mol. The normalized spacial score (nSPS) is 14.3. The molecule has 1 saturated carbocycles. The number of amides is 2. The molecular formula is C32H37Cl2N3O5S. The van der Waals surface area contributed by atoms with Crippen molar-refractivity contribution in [3.63, 3.8) is 0 Å². The lowest BCUT2D eigenvalue weighted by molar-refractivity contribution is -0.140. The zero-order chi connectivity index (χ0) is 31.1. The number of carbonyl (C=O) groups is 2. The highest BCUT2D eigenvalue weighted by atomic mass is 35.5. The Bertz CT molecular complexity index is 1550. The Kier molecular flexibility index (Phi) is 11.0. The molecule has 3 aromatic carbocycles. The standard InChI is InChI=1S/C32H37Cl2N3O5S/c1-22-13-16-30(42-2)28(17-22)37(43(3,40)41)21-31(38)36(20-24-14-15-25(33)19-27(24)34)29(18-23-9-5-4-6-10-23)32(39)35-26-11-7-8-12-26/h4-6,9-10,13-17,19,26,29H,7-8,11-12,18,20-21H2,1-3H3,(H,35,39)/t29-/m0/s1. The number of nitrogens with zero attached hydrogens (tertiary/aromatic N) is 2. The van der Waals surface area contributed by atoms with Gasteiger partial charge in [0, 0.05) is 29.1 Å². The number of aryl methyl sites for hydroxylation is 1. The molecule has 0 bridgehead atoms. The fourth-order valence-electron chi connectivity index (χ4n) is 5.34. The van der Waals surface area contributed by atoms with Crippen LogP contribution in [0.4, 0.5) is 5.69 Å². The quantitative estimate of drug-likeness (QED) is 0.270. The number of anilines is 1. The van der Waals surface area contributed by atoms with Gasteiger partial charge in [-0.05, 0) is 60.7 Å². The Balaban J connectivity index is 1.78. The van der Waals surface area contributed by atoms with Gasteiger partial charge in [-0.1, -0.05) is 78.5 Å². The predicted octanol–water partition coefficient (Wildman–Crippen LogP) is 5.78. The molecule has 1 aliphatic rings. The number of methoxy groups -OCH3 is 1. The van der Waals surface area contributed by atoms with Crippen molar-refractivity contribution in [2.45, 2.75) is 57.7 Å². The molecule has 11 heteroatoms. The first-order valence-corrected chi connectivity index (χ1v) is 16.8. The van der Waals surface area contributed by atoms with Crippen molar-refractivity contribution in [1.29, 1.82) is 0 Å². The van der Waals surface area contributed by atoms with Gasteiger partial charge in [-0.2, -0.15) is 0 Å². The van der Waals surface area contributed by atoms with Gasteiger partial charge in [-0.15, -0.1) is 0 Å². The van der Waals surface area contributed by atoms with Crippen molar-refractivity contribution < 1.29 is 22.7 Å². The second kappa shape index (κ2) is 14.5. The fourth-order valence-corrected chi connectivity index (χ4v) is 6.66. The number of sulfonamides is 1. The van der Waals surface area contributed by atoms with Gasteiger partial charge in [-0.3, -0.25) is 13.9 Å². The molecule has 0 spiro atoms. The minimum atomic E-state index is -3.94. The molecule has 1 fully saturated rings. The Morgan fingerprint density at radius 3 is 2.35 bits per heavy atom. The first kappa shape index (κ1) is 32.6. The monoisotopic (exact) mass is 645 g/mol. The summed E-state index contributed by atoms with van der Waals surface area (Å²) in [6, 6.07) is 18.6. The molecule has 1 aliphatic carbocycles. The number of benzene rings is 3. The topological polar surface area (TPSA) is 96.0 Å². The Labute approximate surface area is 264 Å². The van der Waals surface area contributed by atoms with Crippen LogP contribution < -0.4 is 14.4 Å². The maximum atomic E-state index is 14.3. The van der Waals surface area contributed by atoms with Crippen molar-refractivity contribution >= 4 is 50.7 Å². The summed E-state index contributed by atoms with van der Waals surface area (Å²) in [5, 5.41) is 3.91. The van der Waals surface area contributed by atoms with Crippen molar-refractivity contribution in [3.8, 4) is 5.75 Å². The van der Waals surface area contributed by atoms with E-state index in [1.807, 2.05) is 37.3 Å². The summed E-state index contributed by atoms with van der Waals surface area (Å²) in [6.45, 7) is 1.24. The van der Waals surface area contributed by atoms with E-state index in [2.05, 4.69) is 5.32 Å². The molecule has 1 N–H and O–H groups in total. The van der Waals surface area contributed by atoms with Crippen LogP contribution in [0.1, 0.15) is 42.4 Å². The largest absolute Gasteiger partial charge is 0.495 e.